The minimum atomic E-state index is -4.11. The predicted octanol–water partition coefficient (Wildman–Crippen LogP) is 3.55. The van der Waals surface area contributed by atoms with E-state index in [4.69, 9.17) is 10.5 Å². The number of benzene rings is 1. The molecule has 0 bridgehead atoms. The first-order valence-electron chi connectivity index (χ1n) is 6.34. The molecule has 0 amide bonds. The number of hydrogen-bond acceptors (Lipinski definition) is 2. The summed E-state index contributed by atoms with van der Waals surface area (Å²) in [4.78, 5) is 0. The van der Waals surface area contributed by atoms with Crippen molar-refractivity contribution in [2.24, 2.45) is 11.7 Å². The molecule has 0 fully saturated rings. The van der Waals surface area contributed by atoms with E-state index in [9.17, 15) is 13.2 Å². The third-order valence-corrected chi connectivity index (χ3v) is 3.10. The molecule has 0 saturated carbocycles. The third-order valence-electron chi connectivity index (χ3n) is 3.10. The maximum atomic E-state index is 12.4. The number of alkyl halides is 3. The fourth-order valence-corrected chi connectivity index (χ4v) is 2.07. The highest BCUT2D eigenvalue weighted by molar-refractivity contribution is 5.27. The van der Waals surface area contributed by atoms with E-state index in [2.05, 4.69) is 0 Å². The van der Waals surface area contributed by atoms with Gasteiger partial charge in [0.25, 0.3) is 0 Å². The average Bonchev–Trinajstić information content (AvgIpc) is 2.35. The minimum absolute atomic E-state index is 0.295. The standard InChI is InChI=1S/C14H20F3NO/c1-19-13-6-4-11(5-7-13)2-3-12(8-9-18)10-14(15,16)17/h4-7,12H,2-3,8-10,18H2,1H3. The Morgan fingerprint density at radius 2 is 1.79 bits per heavy atom. The summed E-state index contributed by atoms with van der Waals surface area (Å²) in [6, 6.07) is 7.39. The lowest BCUT2D eigenvalue weighted by Crippen LogP contribution is -2.18. The smallest absolute Gasteiger partial charge is 0.389 e. The second-order valence-electron chi connectivity index (χ2n) is 4.65. The molecule has 2 nitrogen and oxygen atoms in total. The molecular weight excluding hydrogens is 255 g/mol. The maximum Gasteiger partial charge on any atom is 0.389 e. The summed E-state index contributed by atoms with van der Waals surface area (Å²) in [6.07, 6.45) is -3.32. The van der Waals surface area contributed by atoms with Crippen LogP contribution in [0.15, 0.2) is 24.3 Å². The Kier molecular flexibility index (Phi) is 6.15. The third kappa shape index (κ3) is 6.47. The normalized spacial score (nSPS) is 13.3. The van der Waals surface area contributed by atoms with Gasteiger partial charge in [0.05, 0.1) is 7.11 Å². The summed E-state index contributed by atoms with van der Waals surface area (Å²) >= 11 is 0. The largest absolute Gasteiger partial charge is 0.497 e. The first kappa shape index (κ1) is 15.8. The summed E-state index contributed by atoms with van der Waals surface area (Å²) in [6.45, 7) is 0.295. The van der Waals surface area contributed by atoms with E-state index in [0.29, 0.717) is 25.8 Å². The van der Waals surface area contributed by atoms with Crippen molar-refractivity contribution in [1.82, 2.24) is 0 Å². The molecule has 0 saturated heterocycles. The van der Waals surface area contributed by atoms with Gasteiger partial charge in [-0.25, -0.2) is 0 Å². The van der Waals surface area contributed by atoms with Crippen LogP contribution in [0.25, 0.3) is 0 Å². The van der Waals surface area contributed by atoms with Crippen LogP contribution in [0.2, 0.25) is 0 Å². The summed E-state index contributed by atoms with van der Waals surface area (Å²) in [5, 5.41) is 0. The zero-order valence-electron chi connectivity index (χ0n) is 11.0. The van der Waals surface area contributed by atoms with E-state index in [1.807, 2.05) is 24.3 Å². The van der Waals surface area contributed by atoms with Gasteiger partial charge < -0.3 is 10.5 Å². The van der Waals surface area contributed by atoms with Crippen LogP contribution in [0.4, 0.5) is 13.2 Å². The Bertz CT molecular complexity index is 362. The molecule has 108 valence electrons. The first-order valence-corrected chi connectivity index (χ1v) is 6.34. The van der Waals surface area contributed by atoms with Crippen molar-refractivity contribution in [1.29, 1.82) is 0 Å². The minimum Gasteiger partial charge on any atom is -0.497 e. The van der Waals surface area contributed by atoms with Crippen molar-refractivity contribution in [2.45, 2.75) is 31.9 Å². The SMILES string of the molecule is COc1ccc(CCC(CCN)CC(F)(F)F)cc1. The van der Waals surface area contributed by atoms with Crippen LogP contribution in [0, 0.1) is 5.92 Å². The highest BCUT2D eigenvalue weighted by Crippen LogP contribution is 2.29. The quantitative estimate of drug-likeness (QED) is 0.826. The molecule has 5 heteroatoms. The van der Waals surface area contributed by atoms with Crippen molar-refractivity contribution >= 4 is 0 Å². The van der Waals surface area contributed by atoms with Crippen LogP contribution in [0.5, 0.6) is 5.75 Å². The molecule has 2 N–H and O–H groups in total. The molecule has 0 aliphatic heterocycles. The molecule has 1 aromatic rings. The molecule has 0 aliphatic rings. The molecular formula is C14H20F3NO. The molecule has 0 aliphatic carbocycles. The van der Waals surface area contributed by atoms with E-state index < -0.39 is 18.5 Å². The summed E-state index contributed by atoms with van der Waals surface area (Å²) < 4.78 is 42.2. The van der Waals surface area contributed by atoms with Crippen LogP contribution < -0.4 is 10.5 Å². The fraction of sp³-hybridized carbons (Fsp3) is 0.571. The number of halogens is 3. The highest BCUT2D eigenvalue weighted by Gasteiger charge is 2.31. The summed E-state index contributed by atoms with van der Waals surface area (Å²) in [5.74, 6) is 0.352. The second kappa shape index (κ2) is 7.38. The summed E-state index contributed by atoms with van der Waals surface area (Å²) in [7, 11) is 1.58. The Balaban J connectivity index is 2.50. The number of ether oxygens (including phenoxy) is 1. The lowest BCUT2D eigenvalue weighted by Gasteiger charge is -2.18. The van der Waals surface area contributed by atoms with E-state index in [-0.39, 0.29) is 0 Å². The number of rotatable bonds is 7. The molecule has 0 spiro atoms. The maximum absolute atomic E-state index is 12.4. The highest BCUT2D eigenvalue weighted by atomic mass is 19.4. The van der Waals surface area contributed by atoms with Crippen LogP contribution in [0.1, 0.15) is 24.8 Å². The number of methoxy groups -OCH3 is 1. The van der Waals surface area contributed by atoms with Crippen LogP contribution in [0.3, 0.4) is 0 Å². The molecule has 1 aromatic carbocycles. The van der Waals surface area contributed by atoms with Gasteiger partial charge in [0.2, 0.25) is 0 Å². The van der Waals surface area contributed by atoms with Crippen molar-refractivity contribution in [3.63, 3.8) is 0 Å². The molecule has 1 atom stereocenters. The number of hydrogen-bond donors (Lipinski definition) is 1. The molecule has 1 unspecified atom stereocenters. The molecule has 0 aromatic heterocycles. The van der Waals surface area contributed by atoms with Crippen molar-refractivity contribution in [3.8, 4) is 5.75 Å². The fourth-order valence-electron chi connectivity index (χ4n) is 2.07. The second-order valence-corrected chi connectivity index (χ2v) is 4.65. The van der Waals surface area contributed by atoms with Gasteiger partial charge in [-0.15, -0.1) is 0 Å². The van der Waals surface area contributed by atoms with E-state index in [1.54, 1.807) is 7.11 Å². The lowest BCUT2D eigenvalue weighted by molar-refractivity contribution is -0.145. The van der Waals surface area contributed by atoms with E-state index in [0.717, 1.165) is 11.3 Å². The van der Waals surface area contributed by atoms with Gasteiger partial charge in [-0.05, 0) is 49.4 Å². The molecule has 0 heterocycles. The molecule has 19 heavy (non-hydrogen) atoms. The van der Waals surface area contributed by atoms with Crippen LogP contribution in [-0.2, 0) is 6.42 Å². The first-order chi connectivity index (χ1) is 8.94. The molecule has 1 rings (SSSR count). The van der Waals surface area contributed by atoms with Gasteiger partial charge in [0.15, 0.2) is 0 Å². The van der Waals surface area contributed by atoms with Crippen molar-refractivity contribution < 1.29 is 17.9 Å². The Labute approximate surface area is 111 Å². The molecule has 0 radical (unpaired) electrons. The van der Waals surface area contributed by atoms with E-state index in [1.165, 1.54) is 0 Å². The van der Waals surface area contributed by atoms with Crippen molar-refractivity contribution in [2.75, 3.05) is 13.7 Å². The Hall–Kier alpha value is -1.23. The van der Waals surface area contributed by atoms with Gasteiger partial charge in [0, 0.05) is 6.42 Å². The predicted molar refractivity (Wildman–Crippen MR) is 69.1 cm³/mol. The zero-order chi connectivity index (χ0) is 14.3. The van der Waals surface area contributed by atoms with Crippen molar-refractivity contribution in [3.05, 3.63) is 29.8 Å². The average molecular weight is 275 g/mol. The van der Waals surface area contributed by atoms with Crippen LogP contribution >= 0.6 is 0 Å². The monoisotopic (exact) mass is 275 g/mol. The number of aryl methyl sites for hydroxylation is 1. The Morgan fingerprint density at radius 3 is 2.26 bits per heavy atom. The number of nitrogens with two attached hydrogens (primary N) is 1. The van der Waals surface area contributed by atoms with E-state index >= 15 is 0 Å². The van der Waals surface area contributed by atoms with Gasteiger partial charge in [0.1, 0.15) is 5.75 Å². The van der Waals surface area contributed by atoms with Gasteiger partial charge in [-0.1, -0.05) is 12.1 Å². The van der Waals surface area contributed by atoms with Gasteiger partial charge in [-0.2, -0.15) is 13.2 Å². The lowest BCUT2D eigenvalue weighted by atomic mass is 9.93. The summed E-state index contributed by atoms with van der Waals surface area (Å²) in [5.41, 5.74) is 6.39. The van der Waals surface area contributed by atoms with Crippen LogP contribution in [-0.4, -0.2) is 19.8 Å². The topological polar surface area (TPSA) is 35.2 Å². The van der Waals surface area contributed by atoms with Gasteiger partial charge in [-0.3, -0.25) is 0 Å². The van der Waals surface area contributed by atoms with Gasteiger partial charge >= 0.3 is 6.18 Å². The zero-order valence-corrected chi connectivity index (χ0v) is 11.0. The Morgan fingerprint density at radius 1 is 1.16 bits per heavy atom.